The molecule has 156 valence electrons. The Morgan fingerprint density at radius 1 is 1.10 bits per heavy atom. The molecule has 29 heavy (non-hydrogen) atoms. The van der Waals surface area contributed by atoms with Crippen LogP contribution in [-0.2, 0) is 14.8 Å². The van der Waals surface area contributed by atoms with Gasteiger partial charge in [0.15, 0.2) is 0 Å². The maximum atomic E-state index is 12.8. The third kappa shape index (κ3) is 4.34. The third-order valence-corrected chi connectivity index (χ3v) is 9.06. The van der Waals surface area contributed by atoms with Crippen LogP contribution in [-0.4, -0.2) is 38.3 Å². The Kier molecular flexibility index (Phi) is 5.93. The van der Waals surface area contributed by atoms with Crippen molar-refractivity contribution in [3.05, 3.63) is 29.8 Å². The molecule has 1 saturated heterocycles. The Balaban J connectivity index is 1.24. The van der Waals surface area contributed by atoms with E-state index in [1.807, 2.05) is 6.07 Å². The van der Waals surface area contributed by atoms with Gasteiger partial charge in [-0.1, -0.05) is 6.42 Å². The van der Waals surface area contributed by atoms with Crippen LogP contribution in [0.25, 0.3) is 0 Å². The number of rotatable bonds is 6. The van der Waals surface area contributed by atoms with E-state index in [-0.39, 0.29) is 16.7 Å². The normalized spacial score (nSPS) is 27.6. The molecule has 0 radical (unpaired) electrons. The van der Waals surface area contributed by atoms with Crippen molar-refractivity contribution in [2.45, 2.75) is 49.8 Å². The molecule has 6 nitrogen and oxygen atoms in total. The molecule has 1 aliphatic heterocycles. The van der Waals surface area contributed by atoms with Gasteiger partial charge in [-0.25, -0.2) is 8.42 Å². The molecular formula is C22H29N3O3S. The zero-order chi connectivity index (χ0) is 20.4. The van der Waals surface area contributed by atoms with Crippen molar-refractivity contribution in [3.63, 3.8) is 0 Å². The van der Waals surface area contributed by atoms with Crippen molar-refractivity contribution in [3.8, 4) is 6.07 Å². The highest BCUT2D eigenvalue weighted by Gasteiger charge is 2.39. The number of nitrogens with zero attached hydrogens (tertiary/aromatic N) is 2. The van der Waals surface area contributed by atoms with Gasteiger partial charge in [0, 0.05) is 25.6 Å². The Hall–Kier alpha value is -1.91. The number of carbonyl (C=O) groups excluding carboxylic acids is 1. The third-order valence-electron chi connectivity index (χ3n) is 7.14. The summed E-state index contributed by atoms with van der Waals surface area (Å²) in [6.45, 7) is 1.45. The minimum atomic E-state index is -3.58. The highest BCUT2D eigenvalue weighted by molar-refractivity contribution is 7.89. The zero-order valence-electron chi connectivity index (χ0n) is 16.7. The van der Waals surface area contributed by atoms with Gasteiger partial charge in [0.25, 0.3) is 0 Å². The highest BCUT2D eigenvalue weighted by Crippen LogP contribution is 2.49. The van der Waals surface area contributed by atoms with Crippen LogP contribution in [0.5, 0.6) is 0 Å². The summed E-state index contributed by atoms with van der Waals surface area (Å²) in [5, 5.41) is 12.0. The molecule has 2 saturated carbocycles. The monoisotopic (exact) mass is 415 g/mol. The van der Waals surface area contributed by atoms with Crippen LogP contribution in [0.1, 0.15) is 50.5 Å². The summed E-state index contributed by atoms with van der Waals surface area (Å²) in [6, 6.07) is 7.98. The smallest absolute Gasteiger partial charge is 0.243 e. The van der Waals surface area contributed by atoms with Crippen LogP contribution in [0.4, 0.5) is 0 Å². The number of nitrogens with one attached hydrogen (secondary N) is 1. The number of sulfonamides is 1. The largest absolute Gasteiger partial charge is 0.356 e. The van der Waals surface area contributed by atoms with Gasteiger partial charge in [-0.15, -0.1) is 0 Å². The Bertz CT molecular complexity index is 883. The van der Waals surface area contributed by atoms with Crippen LogP contribution in [0, 0.1) is 35.0 Å². The van der Waals surface area contributed by atoms with Crippen LogP contribution >= 0.6 is 0 Å². The fourth-order valence-corrected chi connectivity index (χ4v) is 6.93. The van der Waals surface area contributed by atoms with Crippen molar-refractivity contribution in [2.24, 2.45) is 23.7 Å². The van der Waals surface area contributed by atoms with Gasteiger partial charge in [0.2, 0.25) is 15.9 Å². The standard InChI is InChI=1S/C22H29N3O3S/c23-15-16-2-5-21(6-3-16)29(27,28)25-11-8-18(9-12-25)22(26)24-10-7-20-14-17-1-4-19(20)13-17/h2-3,5-6,17-20H,1,4,7-14H2,(H,24,26). The first-order valence-electron chi connectivity index (χ1n) is 10.8. The minimum Gasteiger partial charge on any atom is -0.356 e. The summed E-state index contributed by atoms with van der Waals surface area (Å²) in [7, 11) is -3.58. The lowest BCUT2D eigenvalue weighted by molar-refractivity contribution is -0.126. The molecule has 1 N–H and O–H groups in total. The Labute approximate surface area is 173 Å². The van der Waals surface area contributed by atoms with Crippen LogP contribution in [0.2, 0.25) is 0 Å². The molecule has 3 unspecified atom stereocenters. The first-order valence-corrected chi connectivity index (χ1v) is 12.2. The fraction of sp³-hybridized carbons (Fsp3) is 0.636. The predicted octanol–water partition coefficient (Wildman–Crippen LogP) is 2.90. The van der Waals surface area contributed by atoms with Gasteiger partial charge in [-0.05, 0) is 80.5 Å². The highest BCUT2D eigenvalue weighted by atomic mass is 32.2. The molecule has 7 heteroatoms. The second-order valence-electron chi connectivity index (χ2n) is 8.83. The molecule has 1 heterocycles. The number of benzene rings is 1. The SMILES string of the molecule is N#Cc1ccc(S(=O)(=O)N2CCC(C(=O)NCCC3CC4CCC3C4)CC2)cc1. The van der Waals surface area contributed by atoms with E-state index in [1.54, 1.807) is 0 Å². The van der Waals surface area contributed by atoms with Crippen molar-refractivity contribution in [1.29, 1.82) is 5.26 Å². The van der Waals surface area contributed by atoms with Gasteiger partial charge < -0.3 is 5.32 Å². The van der Waals surface area contributed by atoms with E-state index in [9.17, 15) is 13.2 Å². The van der Waals surface area contributed by atoms with Gasteiger partial charge in [0.05, 0.1) is 16.5 Å². The molecule has 1 amide bonds. The zero-order valence-corrected chi connectivity index (χ0v) is 17.5. The first-order chi connectivity index (χ1) is 14.0. The molecule has 0 aromatic heterocycles. The summed E-state index contributed by atoms with van der Waals surface area (Å²) in [4.78, 5) is 12.7. The van der Waals surface area contributed by atoms with E-state index in [0.717, 1.165) is 30.7 Å². The fourth-order valence-electron chi connectivity index (χ4n) is 5.46. The summed E-state index contributed by atoms with van der Waals surface area (Å²) >= 11 is 0. The number of nitriles is 1. The van der Waals surface area contributed by atoms with E-state index < -0.39 is 10.0 Å². The first kappa shape index (κ1) is 20.4. The summed E-state index contributed by atoms with van der Waals surface area (Å²) in [6.07, 6.45) is 7.69. The van der Waals surface area contributed by atoms with E-state index >= 15 is 0 Å². The van der Waals surface area contributed by atoms with E-state index in [2.05, 4.69) is 5.32 Å². The lowest BCUT2D eigenvalue weighted by Gasteiger charge is -2.30. The lowest BCUT2D eigenvalue weighted by atomic mass is 9.86. The maximum absolute atomic E-state index is 12.8. The summed E-state index contributed by atoms with van der Waals surface area (Å²) < 4.78 is 27.0. The number of carbonyl (C=O) groups is 1. The molecule has 3 atom stereocenters. The van der Waals surface area contributed by atoms with Crippen molar-refractivity contribution in [2.75, 3.05) is 19.6 Å². The van der Waals surface area contributed by atoms with Gasteiger partial charge in [-0.2, -0.15) is 9.57 Å². The molecule has 1 aromatic rings. The van der Waals surface area contributed by atoms with E-state index in [1.165, 1.54) is 54.3 Å². The van der Waals surface area contributed by atoms with E-state index in [4.69, 9.17) is 5.26 Å². The Morgan fingerprint density at radius 2 is 1.83 bits per heavy atom. The summed E-state index contributed by atoms with van der Waals surface area (Å²) in [5.41, 5.74) is 0.435. The quantitative estimate of drug-likeness (QED) is 0.773. The number of fused-ring (bicyclic) bond motifs is 2. The molecule has 0 spiro atoms. The maximum Gasteiger partial charge on any atom is 0.243 e. The van der Waals surface area contributed by atoms with Gasteiger partial charge in [-0.3, -0.25) is 4.79 Å². The summed E-state index contributed by atoms with van der Waals surface area (Å²) in [5.74, 6) is 2.56. The lowest BCUT2D eigenvalue weighted by Crippen LogP contribution is -2.43. The van der Waals surface area contributed by atoms with Crippen molar-refractivity contribution >= 4 is 15.9 Å². The average molecular weight is 416 g/mol. The van der Waals surface area contributed by atoms with E-state index in [0.29, 0.717) is 31.5 Å². The molecule has 2 bridgehead atoms. The molecule has 1 aromatic carbocycles. The average Bonchev–Trinajstić information content (AvgIpc) is 3.37. The van der Waals surface area contributed by atoms with Crippen LogP contribution < -0.4 is 5.32 Å². The molecule has 3 aliphatic rings. The number of hydrogen-bond donors (Lipinski definition) is 1. The van der Waals surface area contributed by atoms with Crippen molar-refractivity contribution < 1.29 is 13.2 Å². The minimum absolute atomic E-state index is 0.0728. The molecular weight excluding hydrogens is 386 g/mol. The molecule has 3 fully saturated rings. The van der Waals surface area contributed by atoms with Crippen LogP contribution in [0.15, 0.2) is 29.2 Å². The number of piperidine rings is 1. The molecule has 2 aliphatic carbocycles. The topological polar surface area (TPSA) is 90.3 Å². The molecule has 4 rings (SSSR count). The number of amides is 1. The van der Waals surface area contributed by atoms with Crippen LogP contribution in [0.3, 0.4) is 0 Å². The second-order valence-corrected chi connectivity index (χ2v) is 10.8. The Morgan fingerprint density at radius 3 is 2.41 bits per heavy atom. The van der Waals surface area contributed by atoms with Crippen molar-refractivity contribution in [1.82, 2.24) is 9.62 Å². The second kappa shape index (κ2) is 8.45. The van der Waals surface area contributed by atoms with Gasteiger partial charge in [0.1, 0.15) is 0 Å². The predicted molar refractivity (Wildman–Crippen MR) is 109 cm³/mol. The van der Waals surface area contributed by atoms with Gasteiger partial charge >= 0.3 is 0 Å². The number of hydrogen-bond acceptors (Lipinski definition) is 4.